The van der Waals surface area contributed by atoms with Gasteiger partial charge in [0.15, 0.2) is 9.84 Å². The number of hydrogen-bond donors (Lipinski definition) is 0. The van der Waals surface area contributed by atoms with Gasteiger partial charge in [0, 0.05) is 10.6 Å². The standard InChI is InChI=1S/C21H21ClF2O2S/c1-2-3-15-10-12-21(13-11-15,19-14-17(23)6-9-20(19)24)27(25,26)18-7-4-16(22)5-8-18/h2-9,14-15H,10-13H2,1H3/b3-2+. The molecular weight excluding hydrogens is 390 g/mol. The van der Waals surface area contributed by atoms with Gasteiger partial charge in [-0.15, -0.1) is 0 Å². The van der Waals surface area contributed by atoms with Gasteiger partial charge in [-0.1, -0.05) is 23.8 Å². The summed E-state index contributed by atoms with van der Waals surface area (Å²) in [5, 5.41) is 0.414. The molecule has 2 aromatic rings. The lowest BCUT2D eigenvalue weighted by Crippen LogP contribution is -2.40. The molecule has 0 spiro atoms. The van der Waals surface area contributed by atoms with E-state index in [4.69, 9.17) is 11.6 Å². The second-order valence-electron chi connectivity index (χ2n) is 6.94. The topological polar surface area (TPSA) is 34.1 Å². The molecule has 1 aliphatic carbocycles. The zero-order valence-corrected chi connectivity index (χ0v) is 16.5. The Hall–Kier alpha value is -1.72. The summed E-state index contributed by atoms with van der Waals surface area (Å²) < 4.78 is 54.3. The van der Waals surface area contributed by atoms with Crippen LogP contribution in [0.25, 0.3) is 0 Å². The first-order valence-corrected chi connectivity index (χ1v) is 10.7. The van der Waals surface area contributed by atoms with Gasteiger partial charge in [0.05, 0.1) is 4.90 Å². The molecule has 0 atom stereocenters. The van der Waals surface area contributed by atoms with Crippen molar-refractivity contribution >= 4 is 21.4 Å². The van der Waals surface area contributed by atoms with Gasteiger partial charge in [-0.2, -0.15) is 0 Å². The zero-order chi connectivity index (χ0) is 19.7. The minimum Gasteiger partial charge on any atom is -0.223 e. The fourth-order valence-electron chi connectivity index (χ4n) is 3.94. The Balaban J connectivity index is 2.16. The first kappa shape index (κ1) is 20.0. The molecule has 0 N–H and O–H groups in total. The fraction of sp³-hybridized carbons (Fsp3) is 0.333. The van der Waals surface area contributed by atoms with Crippen LogP contribution in [0.1, 0.15) is 38.2 Å². The second-order valence-corrected chi connectivity index (χ2v) is 9.64. The van der Waals surface area contributed by atoms with Crippen molar-refractivity contribution in [2.45, 2.75) is 42.2 Å². The molecule has 0 amide bonds. The van der Waals surface area contributed by atoms with Gasteiger partial charge in [0.25, 0.3) is 0 Å². The lowest BCUT2D eigenvalue weighted by Gasteiger charge is -2.39. The summed E-state index contributed by atoms with van der Waals surface area (Å²) in [6.45, 7) is 1.92. The number of rotatable bonds is 4. The van der Waals surface area contributed by atoms with Gasteiger partial charge < -0.3 is 0 Å². The molecule has 0 aliphatic heterocycles. The van der Waals surface area contributed by atoms with E-state index in [0.29, 0.717) is 17.9 Å². The van der Waals surface area contributed by atoms with Crippen LogP contribution in [-0.2, 0) is 14.6 Å². The van der Waals surface area contributed by atoms with Crippen LogP contribution in [0.2, 0.25) is 5.02 Å². The molecule has 0 unspecified atom stereocenters. The van der Waals surface area contributed by atoms with Crippen LogP contribution >= 0.6 is 11.6 Å². The van der Waals surface area contributed by atoms with E-state index in [0.717, 1.165) is 18.2 Å². The lowest BCUT2D eigenvalue weighted by molar-refractivity contribution is 0.322. The van der Waals surface area contributed by atoms with Crippen molar-refractivity contribution in [3.8, 4) is 0 Å². The van der Waals surface area contributed by atoms with Gasteiger partial charge in [-0.3, -0.25) is 0 Å². The second kappa shape index (κ2) is 7.72. The van der Waals surface area contributed by atoms with E-state index in [1.165, 1.54) is 24.3 Å². The van der Waals surface area contributed by atoms with Crippen LogP contribution in [0.4, 0.5) is 8.78 Å². The summed E-state index contributed by atoms with van der Waals surface area (Å²) >= 11 is 5.89. The Morgan fingerprint density at radius 2 is 1.70 bits per heavy atom. The number of hydrogen-bond acceptors (Lipinski definition) is 2. The summed E-state index contributed by atoms with van der Waals surface area (Å²) in [7, 11) is -3.96. The molecule has 6 heteroatoms. The Morgan fingerprint density at radius 1 is 1.07 bits per heavy atom. The Morgan fingerprint density at radius 3 is 2.30 bits per heavy atom. The third-order valence-corrected chi connectivity index (χ3v) is 8.16. The van der Waals surface area contributed by atoms with E-state index in [1.807, 2.05) is 19.1 Å². The highest BCUT2D eigenvalue weighted by Crippen LogP contribution is 2.49. The maximum Gasteiger partial charge on any atom is 0.188 e. The highest BCUT2D eigenvalue weighted by Gasteiger charge is 2.49. The molecule has 0 heterocycles. The van der Waals surface area contributed by atoms with Crippen molar-refractivity contribution in [2.75, 3.05) is 0 Å². The van der Waals surface area contributed by atoms with Crippen LogP contribution in [0.3, 0.4) is 0 Å². The van der Waals surface area contributed by atoms with Crippen molar-refractivity contribution in [1.29, 1.82) is 0 Å². The molecule has 0 aromatic heterocycles. The van der Waals surface area contributed by atoms with Crippen molar-refractivity contribution < 1.29 is 17.2 Å². The third-order valence-electron chi connectivity index (χ3n) is 5.36. The van der Waals surface area contributed by atoms with Gasteiger partial charge in [-0.25, -0.2) is 17.2 Å². The van der Waals surface area contributed by atoms with Crippen molar-refractivity contribution in [3.05, 3.63) is 76.8 Å². The van der Waals surface area contributed by atoms with Crippen LogP contribution in [0.15, 0.2) is 59.5 Å². The van der Waals surface area contributed by atoms with E-state index in [-0.39, 0.29) is 29.2 Å². The number of halogens is 3. The average Bonchev–Trinajstić information content (AvgIpc) is 2.65. The van der Waals surface area contributed by atoms with E-state index < -0.39 is 26.2 Å². The maximum atomic E-state index is 14.7. The monoisotopic (exact) mass is 410 g/mol. The van der Waals surface area contributed by atoms with E-state index in [9.17, 15) is 17.2 Å². The van der Waals surface area contributed by atoms with Crippen LogP contribution in [0.5, 0.6) is 0 Å². The van der Waals surface area contributed by atoms with Crippen molar-refractivity contribution in [2.24, 2.45) is 5.92 Å². The first-order chi connectivity index (χ1) is 12.8. The predicted molar refractivity (Wildman–Crippen MR) is 103 cm³/mol. The molecule has 27 heavy (non-hydrogen) atoms. The summed E-state index contributed by atoms with van der Waals surface area (Å²) in [4.78, 5) is 0.0695. The molecule has 0 saturated heterocycles. The quantitative estimate of drug-likeness (QED) is 0.574. The third kappa shape index (κ3) is 3.67. The van der Waals surface area contributed by atoms with E-state index in [2.05, 4.69) is 0 Å². The minimum atomic E-state index is -3.96. The van der Waals surface area contributed by atoms with Gasteiger partial charge in [-0.05, 0) is 81.0 Å². The van der Waals surface area contributed by atoms with Crippen molar-refractivity contribution in [3.63, 3.8) is 0 Å². The van der Waals surface area contributed by atoms with E-state index in [1.54, 1.807) is 0 Å². The smallest absolute Gasteiger partial charge is 0.188 e. The molecule has 3 rings (SSSR count). The molecule has 144 valence electrons. The number of allylic oxidation sites excluding steroid dienone is 2. The molecule has 2 aromatic carbocycles. The highest BCUT2D eigenvalue weighted by atomic mass is 35.5. The largest absolute Gasteiger partial charge is 0.223 e. The minimum absolute atomic E-state index is 0.0695. The lowest BCUT2D eigenvalue weighted by atomic mass is 9.77. The normalized spacial score (nSPS) is 23.6. The predicted octanol–water partition coefficient (Wildman–Crippen LogP) is 6.05. The maximum absolute atomic E-state index is 14.7. The number of benzene rings is 2. The van der Waals surface area contributed by atoms with Crippen LogP contribution in [0, 0.1) is 17.6 Å². The zero-order valence-electron chi connectivity index (χ0n) is 15.0. The molecule has 1 saturated carbocycles. The molecule has 1 fully saturated rings. The van der Waals surface area contributed by atoms with Crippen LogP contribution in [-0.4, -0.2) is 8.42 Å². The summed E-state index contributed by atoms with van der Waals surface area (Å²) in [6, 6.07) is 8.88. The van der Waals surface area contributed by atoms with E-state index >= 15 is 0 Å². The Labute approximate surface area is 163 Å². The van der Waals surface area contributed by atoms with Gasteiger partial charge in [0.1, 0.15) is 16.4 Å². The van der Waals surface area contributed by atoms with Gasteiger partial charge >= 0.3 is 0 Å². The highest BCUT2D eigenvalue weighted by molar-refractivity contribution is 7.92. The Bertz CT molecular complexity index is 945. The fourth-order valence-corrected chi connectivity index (χ4v) is 6.23. The molecule has 2 nitrogen and oxygen atoms in total. The van der Waals surface area contributed by atoms with Crippen molar-refractivity contribution in [1.82, 2.24) is 0 Å². The van der Waals surface area contributed by atoms with Gasteiger partial charge in [0.2, 0.25) is 0 Å². The molecule has 0 radical (unpaired) electrons. The Kier molecular flexibility index (Phi) is 5.73. The molecular formula is C21H21ClF2O2S. The average molecular weight is 411 g/mol. The molecule has 0 bridgehead atoms. The molecule has 1 aliphatic rings. The summed E-state index contributed by atoms with van der Waals surface area (Å²) in [5.74, 6) is -1.11. The SMILES string of the molecule is C/C=C/C1CCC(c2cc(F)ccc2F)(S(=O)(=O)c2ccc(Cl)cc2)CC1. The number of sulfone groups is 1. The summed E-state index contributed by atoms with van der Waals surface area (Å²) in [6.07, 6.45) is 5.62. The first-order valence-electron chi connectivity index (χ1n) is 8.89. The van der Waals surface area contributed by atoms with Crippen LogP contribution < -0.4 is 0 Å². The summed E-state index contributed by atoms with van der Waals surface area (Å²) in [5.41, 5.74) is -0.0867.